The maximum absolute atomic E-state index is 5.40. The van der Waals surface area contributed by atoms with Gasteiger partial charge in [0.2, 0.25) is 5.89 Å². The lowest BCUT2D eigenvalue weighted by molar-refractivity contribution is 0.198. The Labute approximate surface area is 109 Å². The summed E-state index contributed by atoms with van der Waals surface area (Å²) in [6.45, 7) is 2.53. The van der Waals surface area contributed by atoms with Crippen LogP contribution in [0.4, 0.5) is 6.01 Å². The second-order valence-corrected chi connectivity index (χ2v) is 4.22. The van der Waals surface area contributed by atoms with Crippen LogP contribution in [0.2, 0.25) is 0 Å². The Morgan fingerprint density at radius 3 is 3.11 bits per heavy atom. The molecule has 0 saturated heterocycles. The molecule has 7 nitrogen and oxygen atoms in total. The molecule has 98 valence electrons. The van der Waals surface area contributed by atoms with Gasteiger partial charge >= 0.3 is 6.01 Å². The third-order valence-corrected chi connectivity index (χ3v) is 2.77. The molecule has 2 rings (SSSR count). The number of aromatic nitrogens is 3. The van der Waals surface area contributed by atoms with Gasteiger partial charge in [-0.25, -0.2) is 4.98 Å². The number of hydrogen-bond donors (Lipinski definition) is 2. The first-order chi connectivity index (χ1) is 8.88. The Hall–Kier alpha value is -1.51. The molecule has 2 heterocycles. The molecule has 2 N–H and O–H groups in total. The third-order valence-electron chi connectivity index (χ3n) is 2.13. The van der Waals surface area contributed by atoms with E-state index in [0.29, 0.717) is 31.6 Å². The number of ether oxygens (including phenoxy) is 1. The first-order valence-corrected chi connectivity index (χ1v) is 6.45. The van der Waals surface area contributed by atoms with Crippen LogP contribution in [-0.2, 0) is 17.8 Å². The number of nitrogens with one attached hydrogen (secondary N) is 2. The van der Waals surface area contributed by atoms with Crippen LogP contribution in [-0.4, -0.2) is 35.4 Å². The monoisotopic (exact) mass is 269 g/mol. The Kier molecular flexibility index (Phi) is 5.06. The molecule has 2 aromatic rings. The Morgan fingerprint density at radius 1 is 1.39 bits per heavy atom. The fourth-order valence-corrected chi connectivity index (χ4v) is 1.82. The maximum Gasteiger partial charge on any atom is 0.315 e. The molecule has 0 fully saturated rings. The normalized spacial score (nSPS) is 10.7. The van der Waals surface area contributed by atoms with E-state index in [9.17, 15) is 0 Å². The van der Waals surface area contributed by atoms with E-state index in [2.05, 4.69) is 25.8 Å². The SMILES string of the molecule is COCCNCc1nnc(NCc2cscn2)o1. The zero-order valence-electron chi connectivity index (χ0n) is 10.0. The molecule has 0 atom stereocenters. The Morgan fingerprint density at radius 2 is 2.33 bits per heavy atom. The number of rotatable bonds is 8. The standard InChI is InChI=1S/C10H15N5O2S/c1-16-3-2-11-5-9-14-15-10(17-9)12-4-8-6-18-7-13-8/h6-7,11H,2-5H2,1H3,(H,12,15). The first kappa shape index (κ1) is 12.9. The van der Waals surface area contributed by atoms with Crippen molar-refractivity contribution in [2.75, 3.05) is 25.6 Å². The van der Waals surface area contributed by atoms with Gasteiger partial charge in [-0.2, -0.15) is 0 Å². The van der Waals surface area contributed by atoms with Crippen molar-refractivity contribution in [2.24, 2.45) is 0 Å². The summed E-state index contributed by atoms with van der Waals surface area (Å²) >= 11 is 1.56. The minimum absolute atomic E-state index is 0.409. The van der Waals surface area contributed by atoms with E-state index >= 15 is 0 Å². The topological polar surface area (TPSA) is 85.1 Å². The zero-order chi connectivity index (χ0) is 12.6. The highest BCUT2D eigenvalue weighted by Gasteiger charge is 2.05. The number of anilines is 1. The molecule has 0 radical (unpaired) electrons. The lowest BCUT2D eigenvalue weighted by atomic mass is 10.5. The summed E-state index contributed by atoms with van der Waals surface area (Å²) in [6.07, 6.45) is 0. The highest BCUT2D eigenvalue weighted by molar-refractivity contribution is 7.07. The van der Waals surface area contributed by atoms with Crippen molar-refractivity contribution in [1.82, 2.24) is 20.5 Å². The van der Waals surface area contributed by atoms with Crippen LogP contribution in [0.15, 0.2) is 15.3 Å². The number of hydrogen-bond acceptors (Lipinski definition) is 8. The lowest BCUT2D eigenvalue weighted by Gasteiger charge is -1.99. The predicted molar refractivity (Wildman–Crippen MR) is 67.3 cm³/mol. The first-order valence-electron chi connectivity index (χ1n) is 5.51. The Balaban J connectivity index is 1.72. The van der Waals surface area contributed by atoms with Crippen LogP contribution in [0.5, 0.6) is 0 Å². The van der Waals surface area contributed by atoms with E-state index in [0.717, 1.165) is 12.2 Å². The quantitative estimate of drug-likeness (QED) is 0.688. The van der Waals surface area contributed by atoms with E-state index in [4.69, 9.17) is 9.15 Å². The predicted octanol–water partition coefficient (Wildman–Crippen LogP) is 0.874. The van der Waals surface area contributed by atoms with Gasteiger partial charge in [0.15, 0.2) is 0 Å². The van der Waals surface area contributed by atoms with E-state index in [1.807, 2.05) is 5.38 Å². The zero-order valence-corrected chi connectivity index (χ0v) is 10.9. The van der Waals surface area contributed by atoms with Crippen LogP contribution in [0.3, 0.4) is 0 Å². The molecule has 0 unspecified atom stereocenters. The summed E-state index contributed by atoms with van der Waals surface area (Å²) in [6, 6.07) is 0.409. The summed E-state index contributed by atoms with van der Waals surface area (Å²) in [5.41, 5.74) is 2.74. The molecular weight excluding hydrogens is 254 g/mol. The van der Waals surface area contributed by atoms with Crippen molar-refractivity contribution in [3.63, 3.8) is 0 Å². The maximum atomic E-state index is 5.40. The largest absolute Gasteiger partial charge is 0.407 e. The molecule has 0 aliphatic rings. The summed E-state index contributed by atoms with van der Waals surface area (Å²) < 4.78 is 10.3. The fourth-order valence-electron chi connectivity index (χ4n) is 1.26. The average molecular weight is 269 g/mol. The smallest absolute Gasteiger partial charge is 0.315 e. The minimum atomic E-state index is 0.409. The fraction of sp³-hybridized carbons (Fsp3) is 0.500. The molecule has 0 saturated carbocycles. The lowest BCUT2D eigenvalue weighted by Crippen LogP contribution is -2.18. The van der Waals surface area contributed by atoms with Crippen molar-refractivity contribution >= 4 is 17.4 Å². The van der Waals surface area contributed by atoms with Gasteiger partial charge in [-0.05, 0) is 0 Å². The third kappa shape index (κ3) is 4.06. The van der Waals surface area contributed by atoms with Crippen LogP contribution < -0.4 is 10.6 Å². The summed E-state index contributed by atoms with van der Waals surface area (Å²) in [5.74, 6) is 0.548. The van der Waals surface area contributed by atoms with Crippen molar-refractivity contribution < 1.29 is 9.15 Å². The molecule has 2 aromatic heterocycles. The average Bonchev–Trinajstić information content (AvgIpc) is 3.03. The molecule has 0 aromatic carbocycles. The van der Waals surface area contributed by atoms with Crippen LogP contribution in [0, 0.1) is 0 Å². The van der Waals surface area contributed by atoms with E-state index in [1.54, 1.807) is 24.0 Å². The second-order valence-electron chi connectivity index (χ2n) is 3.50. The second kappa shape index (κ2) is 7.04. The van der Waals surface area contributed by atoms with Gasteiger partial charge in [0, 0.05) is 19.0 Å². The molecule has 0 bridgehead atoms. The van der Waals surface area contributed by atoms with Crippen molar-refractivity contribution in [3.8, 4) is 0 Å². The van der Waals surface area contributed by atoms with Crippen molar-refractivity contribution in [3.05, 3.63) is 22.5 Å². The molecule has 0 amide bonds. The van der Waals surface area contributed by atoms with Gasteiger partial charge in [-0.15, -0.1) is 16.4 Å². The number of thiazole rings is 1. The highest BCUT2D eigenvalue weighted by atomic mass is 32.1. The van der Waals surface area contributed by atoms with Crippen LogP contribution in [0.1, 0.15) is 11.6 Å². The molecule has 0 aliphatic carbocycles. The number of nitrogens with zero attached hydrogens (tertiary/aromatic N) is 3. The van der Waals surface area contributed by atoms with Gasteiger partial charge in [0.05, 0.1) is 30.9 Å². The van der Waals surface area contributed by atoms with Crippen molar-refractivity contribution in [2.45, 2.75) is 13.1 Å². The van der Waals surface area contributed by atoms with E-state index in [1.165, 1.54) is 0 Å². The van der Waals surface area contributed by atoms with Crippen molar-refractivity contribution in [1.29, 1.82) is 0 Å². The van der Waals surface area contributed by atoms with Gasteiger partial charge < -0.3 is 19.8 Å². The molecule has 8 heteroatoms. The molecule has 18 heavy (non-hydrogen) atoms. The van der Waals surface area contributed by atoms with Gasteiger partial charge in [0.25, 0.3) is 0 Å². The van der Waals surface area contributed by atoms with Crippen LogP contribution in [0.25, 0.3) is 0 Å². The van der Waals surface area contributed by atoms with E-state index in [-0.39, 0.29) is 0 Å². The number of methoxy groups -OCH3 is 1. The van der Waals surface area contributed by atoms with Crippen LogP contribution >= 0.6 is 11.3 Å². The summed E-state index contributed by atoms with van der Waals surface area (Å²) in [7, 11) is 1.66. The van der Waals surface area contributed by atoms with Gasteiger partial charge in [-0.3, -0.25) is 0 Å². The summed E-state index contributed by atoms with van der Waals surface area (Å²) in [4.78, 5) is 4.15. The van der Waals surface area contributed by atoms with Gasteiger partial charge in [0.1, 0.15) is 0 Å². The molecular formula is C10H15N5O2S. The minimum Gasteiger partial charge on any atom is -0.407 e. The summed E-state index contributed by atoms with van der Waals surface area (Å²) in [5, 5.41) is 15.9. The highest BCUT2D eigenvalue weighted by Crippen LogP contribution is 2.08. The molecule has 0 spiro atoms. The van der Waals surface area contributed by atoms with Gasteiger partial charge in [-0.1, -0.05) is 5.10 Å². The Bertz CT molecular complexity index is 445. The molecule has 0 aliphatic heterocycles. The van der Waals surface area contributed by atoms with E-state index < -0.39 is 0 Å².